The van der Waals surface area contributed by atoms with E-state index < -0.39 is 23.9 Å². The van der Waals surface area contributed by atoms with Gasteiger partial charge in [-0.3, -0.25) is 9.59 Å². The zero-order valence-electron chi connectivity index (χ0n) is 9.39. The van der Waals surface area contributed by atoms with Crippen LogP contribution in [-0.4, -0.2) is 36.2 Å². The highest BCUT2D eigenvalue weighted by atomic mass is 16.5. The van der Waals surface area contributed by atoms with Crippen LogP contribution in [0.4, 0.5) is 0 Å². The van der Waals surface area contributed by atoms with Crippen LogP contribution in [0, 0.1) is 0 Å². The van der Waals surface area contributed by atoms with Crippen molar-refractivity contribution < 1.29 is 29.3 Å². The summed E-state index contributed by atoms with van der Waals surface area (Å²) in [5.74, 6) is -2.11. The van der Waals surface area contributed by atoms with E-state index >= 15 is 0 Å². The second-order valence-electron chi connectivity index (χ2n) is 3.19. The first kappa shape index (κ1) is 12.8. The van der Waals surface area contributed by atoms with Gasteiger partial charge in [-0.25, -0.2) is 0 Å². The predicted molar refractivity (Wildman–Crippen MR) is 57.8 cm³/mol. The molecule has 0 fully saturated rings. The van der Waals surface area contributed by atoms with Crippen molar-refractivity contribution in [1.82, 2.24) is 0 Å². The zero-order chi connectivity index (χ0) is 13.0. The largest absolute Gasteiger partial charge is 0.504 e. The molecule has 1 aromatic rings. The van der Waals surface area contributed by atoms with Gasteiger partial charge in [0.05, 0.1) is 19.8 Å². The Morgan fingerprint density at radius 3 is 2.35 bits per heavy atom. The van der Waals surface area contributed by atoms with Gasteiger partial charge in [0.1, 0.15) is 6.42 Å². The normalized spacial score (nSPS) is 9.76. The molecule has 0 aromatic heterocycles. The Morgan fingerprint density at radius 1 is 1.24 bits per heavy atom. The number of carbonyl (C=O) groups is 2. The van der Waals surface area contributed by atoms with Gasteiger partial charge in [-0.1, -0.05) is 0 Å². The van der Waals surface area contributed by atoms with Crippen LogP contribution in [-0.2, 0) is 4.79 Å². The number of ketones is 1. The Bertz CT molecular complexity index is 452. The number of phenols is 1. The maximum atomic E-state index is 11.5. The Morgan fingerprint density at radius 2 is 1.88 bits per heavy atom. The maximum absolute atomic E-state index is 11.5. The molecule has 6 nitrogen and oxygen atoms in total. The van der Waals surface area contributed by atoms with Crippen LogP contribution in [0.3, 0.4) is 0 Å². The van der Waals surface area contributed by atoms with E-state index in [1.54, 1.807) is 0 Å². The van der Waals surface area contributed by atoms with E-state index in [0.29, 0.717) is 0 Å². The quantitative estimate of drug-likeness (QED) is 0.590. The maximum Gasteiger partial charge on any atom is 0.311 e. The van der Waals surface area contributed by atoms with E-state index in [0.717, 1.165) is 0 Å². The van der Waals surface area contributed by atoms with Gasteiger partial charge in [-0.15, -0.1) is 0 Å². The lowest BCUT2D eigenvalue weighted by atomic mass is 10.1. The number of aromatic hydroxyl groups is 1. The molecule has 6 heteroatoms. The molecule has 0 saturated heterocycles. The highest BCUT2D eigenvalue weighted by molar-refractivity contribution is 6.07. The van der Waals surface area contributed by atoms with Crippen LogP contribution in [0.15, 0.2) is 12.1 Å². The second kappa shape index (κ2) is 5.20. The molecule has 1 aromatic carbocycles. The summed E-state index contributed by atoms with van der Waals surface area (Å²) in [4.78, 5) is 21.9. The number of ether oxygens (including phenoxy) is 2. The van der Waals surface area contributed by atoms with Gasteiger partial charge in [-0.2, -0.15) is 0 Å². The summed E-state index contributed by atoms with van der Waals surface area (Å²) in [6, 6.07) is 2.72. The molecular formula is C11H12O6. The zero-order valence-corrected chi connectivity index (χ0v) is 9.39. The monoisotopic (exact) mass is 240 g/mol. The summed E-state index contributed by atoms with van der Waals surface area (Å²) in [5.41, 5.74) is -0.106. The van der Waals surface area contributed by atoms with Crippen LogP contribution in [0.1, 0.15) is 16.8 Å². The number of methoxy groups -OCH3 is 2. The van der Waals surface area contributed by atoms with Crippen LogP contribution in [0.5, 0.6) is 17.2 Å². The van der Waals surface area contributed by atoms with E-state index in [4.69, 9.17) is 14.6 Å². The van der Waals surface area contributed by atoms with Crippen molar-refractivity contribution in [3.63, 3.8) is 0 Å². The predicted octanol–water partition coefficient (Wildman–Crippen LogP) is 1.07. The minimum Gasteiger partial charge on any atom is -0.504 e. The molecule has 0 spiro atoms. The van der Waals surface area contributed by atoms with Crippen molar-refractivity contribution in [2.75, 3.05) is 14.2 Å². The van der Waals surface area contributed by atoms with Gasteiger partial charge in [0.15, 0.2) is 17.3 Å². The number of carboxylic acids is 1. The lowest BCUT2D eigenvalue weighted by Crippen LogP contribution is -2.07. The Balaban J connectivity index is 3.19. The van der Waals surface area contributed by atoms with Gasteiger partial charge >= 0.3 is 5.97 Å². The molecule has 0 radical (unpaired) electrons. The summed E-state index contributed by atoms with van der Waals surface area (Å²) in [6.45, 7) is 0. The second-order valence-corrected chi connectivity index (χ2v) is 3.19. The first-order valence-corrected chi connectivity index (χ1v) is 4.70. The molecule has 0 amide bonds. The number of Topliss-reactive ketones (excluding diaryl/α,β-unsaturated/α-hetero) is 1. The molecule has 0 aliphatic heterocycles. The third kappa shape index (κ3) is 2.66. The lowest BCUT2D eigenvalue weighted by molar-refractivity contribution is -0.135. The molecule has 0 atom stereocenters. The third-order valence-corrected chi connectivity index (χ3v) is 2.13. The summed E-state index contributed by atoms with van der Waals surface area (Å²) in [7, 11) is 2.69. The van der Waals surface area contributed by atoms with E-state index in [1.165, 1.54) is 26.4 Å². The van der Waals surface area contributed by atoms with Crippen molar-refractivity contribution in [1.29, 1.82) is 0 Å². The van der Waals surface area contributed by atoms with Gasteiger partial charge in [0, 0.05) is 0 Å². The Hall–Kier alpha value is -2.24. The lowest BCUT2D eigenvalue weighted by Gasteiger charge is -2.11. The van der Waals surface area contributed by atoms with E-state index in [2.05, 4.69) is 0 Å². The fourth-order valence-corrected chi connectivity index (χ4v) is 1.37. The van der Waals surface area contributed by atoms with Crippen molar-refractivity contribution in [2.45, 2.75) is 6.42 Å². The first-order valence-electron chi connectivity index (χ1n) is 4.70. The van der Waals surface area contributed by atoms with Gasteiger partial charge < -0.3 is 19.7 Å². The van der Waals surface area contributed by atoms with Gasteiger partial charge in [-0.05, 0) is 12.1 Å². The summed E-state index contributed by atoms with van der Waals surface area (Å²) >= 11 is 0. The summed E-state index contributed by atoms with van der Waals surface area (Å²) in [6.07, 6.45) is -0.691. The molecule has 0 saturated carbocycles. The van der Waals surface area contributed by atoms with Crippen molar-refractivity contribution in [3.8, 4) is 17.2 Å². The van der Waals surface area contributed by atoms with Crippen molar-refractivity contribution >= 4 is 11.8 Å². The van der Waals surface area contributed by atoms with E-state index in [9.17, 15) is 14.7 Å². The summed E-state index contributed by atoms with van der Waals surface area (Å²) < 4.78 is 9.81. The average Bonchev–Trinajstić information content (AvgIpc) is 2.27. The SMILES string of the molecule is COc1ccc(C(=O)CC(=O)O)c(O)c1OC. The fraction of sp³-hybridized carbons (Fsp3) is 0.273. The van der Waals surface area contributed by atoms with Crippen LogP contribution >= 0.6 is 0 Å². The Kier molecular flexibility index (Phi) is 3.92. The average molecular weight is 240 g/mol. The molecule has 0 aliphatic rings. The molecule has 1 rings (SSSR count). The molecule has 92 valence electrons. The topological polar surface area (TPSA) is 93.1 Å². The highest BCUT2D eigenvalue weighted by Crippen LogP contribution is 2.39. The molecule has 17 heavy (non-hydrogen) atoms. The molecule has 0 bridgehead atoms. The summed E-state index contributed by atoms with van der Waals surface area (Å²) in [5, 5.41) is 18.3. The van der Waals surface area contributed by atoms with Gasteiger partial charge in [0.2, 0.25) is 5.75 Å². The number of rotatable bonds is 5. The first-order chi connectivity index (χ1) is 8.01. The minimum absolute atomic E-state index is 0.00346. The number of carboxylic acid groups (broad SMARTS) is 1. The molecule has 0 aliphatic carbocycles. The minimum atomic E-state index is -1.26. The molecule has 2 N–H and O–H groups in total. The molecule has 0 unspecified atom stereocenters. The third-order valence-electron chi connectivity index (χ3n) is 2.13. The number of aliphatic carboxylic acids is 1. The number of hydrogen-bond donors (Lipinski definition) is 2. The number of carbonyl (C=O) groups excluding carboxylic acids is 1. The van der Waals surface area contributed by atoms with Crippen LogP contribution < -0.4 is 9.47 Å². The van der Waals surface area contributed by atoms with Crippen molar-refractivity contribution in [2.24, 2.45) is 0 Å². The smallest absolute Gasteiger partial charge is 0.311 e. The van der Waals surface area contributed by atoms with Gasteiger partial charge in [0.25, 0.3) is 0 Å². The van der Waals surface area contributed by atoms with E-state index in [-0.39, 0.29) is 17.1 Å². The van der Waals surface area contributed by atoms with E-state index in [1.807, 2.05) is 0 Å². The Labute approximate surface area is 97.4 Å². The van der Waals surface area contributed by atoms with Crippen LogP contribution in [0.25, 0.3) is 0 Å². The fourth-order valence-electron chi connectivity index (χ4n) is 1.37. The highest BCUT2D eigenvalue weighted by Gasteiger charge is 2.20. The van der Waals surface area contributed by atoms with Crippen molar-refractivity contribution in [3.05, 3.63) is 17.7 Å². The molecular weight excluding hydrogens is 228 g/mol. The number of benzene rings is 1. The number of phenolic OH excluding ortho intramolecular Hbond substituents is 1. The van der Waals surface area contributed by atoms with Crippen LogP contribution in [0.2, 0.25) is 0 Å². The number of hydrogen-bond acceptors (Lipinski definition) is 5. The standard InChI is InChI=1S/C11H12O6/c1-16-8-4-3-6(7(12)5-9(13)14)10(15)11(8)17-2/h3-4,15H,5H2,1-2H3,(H,13,14). The molecule has 0 heterocycles.